The first-order valence-electron chi connectivity index (χ1n) is 10.3. The Morgan fingerprint density at radius 1 is 1.11 bits per heavy atom. The molecule has 0 spiro atoms. The normalized spacial score (nSPS) is 30.7. The summed E-state index contributed by atoms with van der Waals surface area (Å²) in [4.78, 5) is 39.5. The maximum Gasteiger partial charge on any atom is 0.527 e. The Morgan fingerprint density at radius 2 is 1.64 bits per heavy atom. The van der Waals surface area contributed by atoms with E-state index in [4.69, 9.17) is 4.74 Å². The molecule has 0 radical (unpaired) electrons. The number of rotatable bonds is 2. The van der Waals surface area contributed by atoms with Crippen molar-refractivity contribution in [3.05, 3.63) is 0 Å². The number of likely N-dealkylation sites (tertiary alicyclic amines) is 1. The fraction of sp³-hybridized carbons (Fsp3) is 0.857. The van der Waals surface area contributed by atoms with Crippen LogP contribution in [0, 0.1) is 5.41 Å². The molecule has 28 heavy (non-hydrogen) atoms. The number of carbonyl (C=O) groups is 3. The van der Waals surface area contributed by atoms with Gasteiger partial charge in [0.15, 0.2) is 0 Å². The molecule has 2 fully saturated rings. The molecule has 2 rings (SSSR count). The van der Waals surface area contributed by atoms with E-state index in [1.807, 2.05) is 4.90 Å². The lowest BCUT2D eigenvalue weighted by molar-refractivity contribution is -0.797. The van der Waals surface area contributed by atoms with E-state index in [-0.39, 0.29) is 30.0 Å². The zero-order chi connectivity index (χ0) is 21.5. The summed E-state index contributed by atoms with van der Waals surface area (Å²) in [6.45, 7) is 13.0. The third-order valence-corrected chi connectivity index (χ3v) is 6.38. The van der Waals surface area contributed by atoms with Crippen molar-refractivity contribution < 1.29 is 28.7 Å². The molecule has 1 heterocycles. The van der Waals surface area contributed by atoms with Crippen LogP contribution in [0.2, 0.25) is 0 Å². The molecule has 3 amide bonds. The third kappa shape index (κ3) is 4.50. The van der Waals surface area contributed by atoms with Gasteiger partial charge in [0.1, 0.15) is 18.2 Å². The van der Waals surface area contributed by atoms with Crippen molar-refractivity contribution in [1.29, 1.82) is 0 Å². The minimum Gasteiger partial charge on any atom is -0.435 e. The van der Waals surface area contributed by atoms with Gasteiger partial charge >= 0.3 is 12.2 Å². The second kappa shape index (κ2) is 7.65. The first-order valence-corrected chi connectivity index (χ1v) is 10.3. The molecule has 2 aliphatic rings. The van der Waals surface area contributed by atoms with E-state index in [1.54, 1.807) is 34.6 Å². The second-order valence-corrected chi connectivity index (χ2v) is 10.4. The Labute approximate surface area is 168 Å². The number of nitrogens with zero attached hydrogens (tertiary/aromatic N) is 2. The lowest BCUT2D eigenvalue weighted by Crippen LogP contribution is -2.61. The second-order valence-electron chi connectivity index (χ2n) is 10.4. The number of imide groups is 1. The van der Waals surface area contributed by atoms with Crippen molar-refractivity contribution >= 4 is 18.1 Å². The van der Waals surface area contributed by atoms with Crippen LogP contribution in [-0.4, -0.2) is 62.9 Å². The van der Waals surface area contributed by atoms with E-state index in [2.05, 4.69) is 13.8 Å². The highest BCUT2D eigenvalue weighted by molar-refractivity contribution is 5.77. The number of ether oxygens (including phenoxy) is 1. The number of hydrogen-bond donors (Lipinski definition) is 1. The van der Waals surface area contributed by atoms with Crippen LogP contribution in [0.1, 0.15) is 80.6 Å². The van der Waals surface area contributed by atoms with E-state index < -0.39 is 28.3 Å². The average molecular weight is 398 g/mol. The number of carbonyl (C=O) groups excluding carboxylic acids is 2. The summed E-state index contributed by atoms with van der Waals surface area (Å²) in [6.07, 6.45) is 2.42. The Hall–Kier alpha value is -1.63. The van der Waals surface area contributed by atoms with Gasteiger partial charge in [0.05, 0.1) is 6.04 Å². The van der Waals surface area contributed by atoms with Gasteiger partial charge in [-0.2, -0.15) is 9.59 Å². The molecule has 1 saturated carbocycles. The largest absolute Gasteiger partial charge is 0.527 e. The van der Waals surface area contributed by atoms with Crippen LogP contribution in [0.3, 0.4) is 0 Å². The fourth-order valence-corrected chi connectivity index (χ4v) is 4.78. The van der Waals surface area contributed by atoms with Crippen LogP contribution in [0.15, 0.2) is 0 Å². The lowest BCUT2D eigenvalue weighted by Gasteiger charge is -2.42. The lowest BCUT2D eigenvalue weighted by atomic mass is 9.75. The summed E-state index contributed by atoms with van der Waals surface area (Å²) < 4.78 is 4.69. The summed E-state index contributed by atoms with van der Waals surface area (Å²) in [5, 5.41) is 9.99. The molecule has 0 bridgehead atoms. The van der Waals surface area contributed by atoms with Gasteiger partial charge in [-0.05, 0) is 58.8 Å². The van der Waals surface area contributed by atoms with Gasteiger partial charge < -0.3 is 14.7 Å². The fourth-order valence-electron chi connectivity index (χ4n) is 4.78. The first-order chi connectivity index (χ1) is 12.7. The van der Waals surface area contributed by atoms with Crippen LogP contribution in [0.4, 0.5) is 9.59 Å². The smallest absolute Gasteiger partial charge is 0.435 e. The van der Waals surface area contributed by atoms with Gasteiger partial charge in [-0.25, -0.2) is 0 Å². The van der Waals surface area contributed by atoms with Crippen molar-refractivity contribution in [2.45, 2.75) is 104 Å². The minimum atomic E-state index is -1.21. The molecule has 0 aromatic heterocycles. The van der Waals surface area contributed by atoms with Crippen LogP contribution in [0.5, 0.6) is 0 Å². The topological polar surface area (TPSA) is 83.9 Å². The molecular weight excluding hydrogens is 360 g/mol. The van der Waals surface area contributed by atoms with Crippen LogP contribution in [0.25, 0.3) is 0 Å². The van der Waals surface area contributed by atoms with Crippen molar-refractivity contribution in [2.24, 2.45) is 5.41 Å². The molecule has 0 aromatic carbocycles. The predicted octanol–water partition coefficient (Wildman–Crippen LogP) is 4.39. The molecule has 160 valence electrons. The highest BCUT2D eigenvalue weighted by Gasteiger charge is 2.60. The van der Waals surface area contributed by atoms with Crippen LogP contribution < -0.4 is 0 Å². The molecule has 1 aliphatic heterocycles. The number of carboxylic acid groups (broad SMARTS) is 1. The number of amides is 3. The van der Waals surface area contributed by atoms with Gasteiger partial charge in [0, 0.05) is 19.4 Å². The highest BCUT2D eigenvalue weighted by atomic mass is 16.6. The molecule has 1 N–H and O–H groups in total. The van der Waals surface area contributed by atoms with Gasteiger partial charge in [-0.3, -0.25) is 4.79 Å². The molecule has 2 unspecified atom stereocenters. The Morgan fingerprint density at radius 3 is 2.07 bits per heavy atom. The summed E-state index contributed by atoms with van der Waals surface area (Å²) >= 11 is 0. The van der Waals surface area contributed by atoms with E-state index in [1.165, 1.54) is 0 Å². The molecule has 1 saturated heterocycles. The molecular formula is C21H37N2O5+. The monoisotopic (exact) mass is 397 g/mol. The molecule has 3 atom stereocenters. The number of hydrogen-bond acceptors (Lipinski definition) is 4. The SMILES string of the molecule is CC(=O)N(C1CCC(C)(C)CC1)C1C[C@@H](C)[N+](C(=O)O)(C(=O)OC(C)(C)C)C1. The maximum absolute atomic E-state index is 12.9. The van der Waals surface area contributed by atoms with Gasteiger partial charge in [0.2, 0.25) is 5.91 Å². The van der Waals surface area contributed by atoms with E-state index in [0.717, 1.165) is 25.7 Å². The average Bonchev–Trinajstić information content (AvgIpc) is 2.85. The standard InChI is InChI=1S/C21H36N2O5/c1-14-12-17(13-23(14,18(25)26)19(27)28-20(3,4)5)22(15(2)24)16-8-10-21(6,7)11-9-16/h14,16-17H,8-13H2,1-7H3/p+1/t14-,17?,23?/m1/s1. The summed E-state index contributed by atoms with van der Waals surface area (Å²) in [6, 6.07) is -0.628. The van der Waals surface area contributed by atoms with Crippen LogP contribution in [-0.2, 0) is 9.53 Å². The Kier molecular flexibility index (Phi) is 6.19. The summed E-state index contributed by atoms with van der Waals surface area (Å²) in [5.74, 6) is -0.0449. The van der Waals surface area contributed by atoms with E-state index in [0.29, 0.717) is 6.42 Å². The Balaban J connectivity index is 2.28. The maximum atomic E-state index is 12.9. The molecule has 1 aliphatic carbocycles. The van der Waals surface area contributed by atoms with Crippen molar-refractivity contribution in [3.63, 3.8) is 0 Å². The summed E-state index contributed by atoms with van der Waals surface area (Å²) in [7, 11) is 0. The highest BCUT2D eigenvalue weighted by Crippen LogP contribution is 2.40. The van der Waals surface area contributed by atoms with Gasteiger partial charge in [0.25, 0.3) is 0 Å². The summed E-state index contributed by atoms with van der Waals surface area (Å²) in [5.41, 5.74) is -0.496. The first kappa shape index (κ1) is 22.7. The van der Waals surface area contributed by atoms with Crippen molar-refractivity contribution in [2.75, 3.05) is 6.54 Å². The van der Waals surface area contributed by atoms with Crippen molar-refractivity contribution in [3.8, 4) is 0 Å². The van der Waals surface area contributed by atoms with E-state index in [9.17, 15) is 19.5 Å². The zero-order valence-electron chi connectivity index (χ0n) is 18.4. The third-order valence-electron chi connectivity index (χ3n) is 6.38. The Bertz CT molecular complexity index is 629. The zero-order valence-corrected chi connectivity index (χ0v) is 18.4. The van der Waals surface area contributed by atoms with Crippen LogP contribution >= 0.6 is 0 Å². The number of quaternary nitrogens is 1. The minimum absolute atomic E-state index is 0.0449. The molecule has 0 aromatic rings. The van der Waals surface area contributed by atoms with Crippen molar-refractivity contribution in [1.82, 2.24) is 4.90 Å². The van der Waals surface area contributed by atoms with E-state index >= 15 is 0 Å². The molecule has 7 nitrogen and oxygen atoms in total. The van der Waals surface area contributed by atoms with Gasteiger partial charge in [-0.1, -0.05) is 13.8 Å². The predicted molar refractivity (Wildman–Crippen MR) is 106 cm³/mol. The van der Waals surface area contributed by atoms with Gasteiger partial charge in [-0.15, -0.1) is 4.48 Å². The molecule has 7 heteroatoms. The quantitative estimate of drug-likeness (QED) is 0.699.